The van der Waals surface area contributed by atoms with Crippen LogP contribution in [0.25, 0.3) is 0 Å². The lowest BCUT2D eigenvalue weighted by Crippen LogP contribution is -2.43. The molecule has 2 aromatic rings. The molecule has 1 saturated heterocycles. The maximum atomic E-state index is 12.9. The Labute approximate surface area is 183 Å². The van der Waals surface area contributed by atoms with Gasteiger partial charge in [0.15, 0.2) is 16.7 Å². The van der Waals surface area contributed by atoms with Crippen LogP contribution in [-0.4, -0.2) is 50.3 Å². The molecular weight excluding hydrogens is 442 g/mol. The van der Waals surface area contributed by atoms with Crippen LogP contribution in [0.3, 0.4) is 0 Å². The van der Waals surface area contributed by atoms with Gasteiger partial charge in [-0.2, -0.15) is 0 Å². The third kappa shape index (κ3) is 3.79. The number of sulfonamides is 1. The summed E-state index contributed by atoms with van der Waals surface area (Å²) < 4.78 is 38.7. The molecule has 5 rings (SSSR count). The van der Waals surface area contributed by atoms with E-state index in [4.69, 9.17) is 9.47 Å². The van der Waals surface area contributed by atoms with E-state index in [1.54, 1.807) is 29.2 Å². The first-order valence-electron chi connectivity index (χ1n) is 9.73. The fourth-order valence-corrected chi connectivity index (χ4v) is 5.82. The minimum Gasteiger partial charge on any atom is -0.454 e. The standard InChI is InChI=1S/C20H19N3O6S2/c24-19-18(20(25)23-7-1-2-8-23)30-17-6-4-13(10-14(17)21-19)31(26,27)22-12-3-5-15-16(9-12)29-11-28-15/h3-6,9-10,18,22H,1-2,7-8,11H2,(H,21,24). The van der Waals surface area contributed by atoms with E-state index in [0.29, 0.717) is 40.9 Å². The first-order chi connectivity index (χ1) is 14.9. The molecule has 2 amide bonds. The second kappa shape index (κ2) is 7.65. The molecule has 3 heterocycles. The molecule has 0 radical (unpaired) electrons. The molecule has 0 aliphatic carbocycles. The number of fused-ring (bicyclic) bond motifs is 2. The van der Waals surface area contributed by atoms with E-state index >= 15 is 0 Å². The molecule has 2 N–H and O–H groups in total. The van der Waals surface area contributed by atoms with Crippen molar-refractivity contribution in [2.45, 2.75) is 27.9 Å². The van der Waals surface area contributed by atoms with E-state index in [-0.39, 0.29) is 17.6 Å². The number of likely N-dealkylation sites (tertiary alicyclic amines) is 1. The molecule has 1 atom stereocenters. The monoisotopic (exact) mass is 461 g/mol. The van der Waals surface area contributed by atoms with Gasteiger partial charge < -0.3 is 19.7 Å². The molecule has 162 valence electrons. The molecule has 3 aliphatic heterocycles. The molecule has 0 bridgehead atoms. The molecule has 3 aliphatic rings. The minimum atomic E-state index is -3.91. The lowest BCUT2D eigenvalue weighted by molar-refractivity contribution is -0.133. The van der Waals surface area contributed by atoms with E-state index in [9.17, 15) is 18.0 Å². The maximum absolute atomic E-state index is 12.9. The van der Waals surface area contributed by atoms with Crippen molar-refractivity contribution in [3.63, 3.8) is 0 Å². The summed E-state index contributed by atoms with van der Waals surface area (Å²) in [5, 5.41) is 1.83. The highest BCUT2D eigenvalue weighted by Gasteiger charge is 2.37. The molecule has 31 heavy (non-hydrogen) atoms. The first kappa shape index (κ1) is 20.0. The zero-order valence-electron chi connectivity index (χ0n) is 16.3. The Bertz CT molecular complexity index is 1180. The zero-order valence-corrected chi connectivity index (χ0v) is 17.9. The Morgan fingerprint density at radius 1 is 1.10 bits per heavy atom. The second-order valence-corrected chi connectivity index (χ2v) is 10.2. The molecule has 11 heteroatoms. The number of benzene rings is 2. The third-order valence-electron chi connectivity index (χ3n) is 5.27. The summed E-state index contributed by atoms with van der Waals surface area (Å²) in [5.41, 5.74) is 0.700. The highest BCUT2D eigenvalue weighted by molar-refractivity contribution is 8.01. The highest BCUT2D eigenvalue weighted by Crippen LogP contribution is 2.39. The topological polar surface area (TPSA) is 114 Å². The van der Waals surface area contributed by atoms with Crippen molar-refractivity contribution >= 4 is 45.0 Å². The van der Waals surface area contributed by atoms with Gasteiger partial charge in [0.05, 0.1) is 16.3 Å². The van der Waals surface area contributed by atoms with Gasteiger partial charge in [0.2, 0.25) is 18.6 Å². The second-order valence-electron chi connectivity index (χ2n) is 7.35. The Kier molecular flexibility index (Phi) is 4.94. The van der Waals surface area contributed by atoms with Gasteiger partial charge in [-0.25, -0.2) is 8.42 Å². The van der Waals surface area contributed by atoms with Crippen LogP contribution in [0.4, 0.5) is 11.4 Å². The van der Waals surface area contributed by atoms with Crippen LogP contribution in [0.5, 0.6) is 11.5 Å². The molecule has 0 saturated carbocycles. The normalized spacial score (nSPS) is 19.7. The minimum absolute atomic E-state index is 0.00543. The molecule has 1 fully saturated rings. The first-order valence-corrected chi connectivity index (χ1v) is 12.1. The van der Waals surface area contributed by atoms with E-state index in [0.717, 1.165) is 24.6 Å². The Hall–Kier alpha value is -2.92. The molecule has 9 nitrogen and oxygen atoms in total. The third-order valence-corrected chi connectivity index (χ3v) is 7.91. The van der Waals surface area contributed by atoms with Crippen LogP contribution in [0, 0.1) is 0 Å². The van der Waals surface area contributed by atoms with Crippen molar-refractivity contribution in [3.05, 3.63) is 36.4 Å². The largest absolute Gasteiger partial charge is 0.454 e. The van der Waals surface area contributed by atoms with Crippen LogP contribution in [0.2, 0.25) is 0 Å². The molecule has 1 unspecified atom stereocenters. The van der Waals surface area contributed by atoms with Crippen molar-refractivity contribution in [1.82, 2.24) is 4.90 Å². The lowest BCUT2D eigenvalue weighted by Gasteiger charge is -2.27. The summed E-state index contributed by atoms with van der Waals surface area (Å²) >= 11 is 1.15. The molecular formula is C20H19N3O6S2. The fraction of sp³-hybridized carbons (Fsp3) is 0.300. The van der Waals surface area contributed by atoms with Crippen molar-refractivity contribution in [2.24, 2.45) is 0 Å². The summed E-state index contributed by atoms with van der Waals surface area (Å²) in [6, 6.07) is 9.21. The zero-order chi connectivity index (χ0) is 21.6. The van der Waals surface area contributed by atoms with Crippen molar-refractivity contribution in [3.8, 4) is 11.5 Å². The van der Waals surface area contributed by atoms with E-state index in [2.05, 4.69) is 10.0 Å². The SMILES string of the molecule is O=C1Nc2cc(S(=O)(=O)Nc3ccc4c(c3)OCO4)ccc2SC1C(=O)N1CCCC1. The van der Waals surface area contributed by atoms with Crippen molar-refractivity contribution in [2.75, 3.05) is 29.9 Å². The molecule has 0 aromatic heterocycles. The number of anilines is 2. The summed E-state index contributed by atoms with van der Waals surface area (Å²) in [6.45, 7) is 1.42. The quantitative estimate of drug-likeness (QED) is 0.671. The van der Waals surface area contributed by atoms with Gasteiger partial charge >= 0.3 is 0 Å². The number of hydrogen-bond donors (Lipinski definition) is 2. The van der Waals surface area contributed by atoms with Gasteiger partial charge in [-0.15, -0.1) is 11.8 Å². The van der Waals surface area contributed by atoms with Crippen molar-refractivity contribution < 1.29 is 27.5 Å². The van der Waals surface area contributed by atoms with Crippen molar-refractivity contribution in [1.29, 1.82) is 0 Å². The number of hydrogen-bond acceptors (Lipinski definition) is 7. The van der Waals surface area contributed by atoms with E-state index in [1.807, 2.05) is 0 Å². The smallest absolute Gasteiger partial charge is 0.261 e. The summed E-state index contributed by atoms with van der Waals surface area (Å²) in [5.74, 6) is 0.372. The lowest BCUT2D eigenvalue weighted by atomic mass is 10.2. The summed E-state index contributed by atoms with van der Waals surface area (Å²) in [7, 11) is -3.91. The van der Waals surface area contributed by atoms with Gasteiger partial charge in [0.1, 0.15) is 0 Å². The average Bonchev–Trinajstić information content (AvgIpc) is 3.43. The van der Waals surface area contributed by atoms with E-state index < -0.39 is 21.2 Å². The van der Waals surface area contributed by atoms with Gasteiger partial charge in [-0.3, -0.25) is 14.3 Å². The number of rotatable bonds is 4. The number of nitrogens with zero attached hydrogens (tertiary/aromatic N) is 1. The Morgan fingerprint density at radius 3 is 2.68 bits per heavy atom. The van der Waals surface area contributed by atoms with Gasteiger partial charge in [-0.05, 0) is 43.2 Å². The fourth-order valence-electron chi connectivity index (χ4n) is 3.70. The van der Waals surface area contributed by atoms with Gasteiger partial charge in [-0.1, -0.05) is 0 Å². The molecule has 2 aromatic carbocycles. The van der Waals surface area contributed by atoms with Gasteiger partial charge in [0.25, 0.3) is 10.0 Å². The number of carbonyl (C=O) groups excluding carboxylic acids is 2. The van der Waals surface area contributed by atoms with E-state index in [1.165, 1.54) is 12.1 Å². The number of carbonyl (C=O) groups is 2. The van der Waals surface area contributed by atoms with Crippen LogP contribution >= 0.6 is 11.8 Å². The number of thioether (sulfide) groups is 1. The van der Waals surface area contributed by atoms with Crippen LogP contribution in [-0.2, 0) is 19.6 Å². The van der Waals surface area contributed by atoms with Gasteiger partial charge in [0, 0.05) is 24.1 Å². The predicted octanol–water partition coefficient (Wildman–Crippen LogP) is 2.25. The number of amides is 2. The molecule has 0 spiro atoms. The van der Waals surface area contributed by atoms with Crippen LogP contribution in [0.1, 0.15) is 12.8 Å². The number of nitrogens with one attached hydrogen (secondary N) is 2. The maximum Gasteiger partial charge on any atom is 0.261 e. The summed E-state index contributed by atoms with van der Waals surface area (Å²) in [4.78, 5) is 27.5. The van der Waals surface area contributed by atoms with Crippen LogP contribution < -0.4 is 19.5 Å². The predicted molar refractivity (Wildman–Crippen MR) is 114 cm³/mol. The Balaban J connectivity index is 1.36. The Morgan fingerprint density at radius 2 is 1.87 bits per heavy atom. The summed E-state index contributed by atoms with van der Waals surface area (Å²) in [6.07, 6.45) is 1.89. The van der Waals surface area contributed by atoms with Crippen LogP contribution in [0.15, 0.2) is 46.2 Å². The number of ether oxygens (including phenoxy) is 2. The highest BCUT2D eigenvalue weighted by atomic mass is 32.2. The average molecular weight is 462 g/mol.